The SMILES string of the molecule is CCCCCC(O)CCN1C(=O)NC(=O)C1(C)CCCCCCC(=O)OCC. The van der Waals surface area contributed by atoms with Crippen molar-refractivity contribution in [3.8, 4) is 0 Å². The maximum atomic E-state index is 12.4. The summed E-state index contributed by atoms with van der Waals surface area (Å²) < 4.78 is 4.91. The van der Waals surface area contributed by atoms with Crippen molar-refractivity contribution in [2.45, 2.75) is 103 Å². The lowest BCUT2D eigenvalue weighted by Crippen LogP contribution is -2.48. The van der Waals surface area contributed by atoms with Crippen LogP contribution in [0.1, 0.15) is 91.4 Å². The van der Waals surface area contributed by atoms with Crippen molar-refractivity contribution in [1.82, 2.24) is 10.2 Å². The van der Waals surface area contributed by atoms with Gasteiger partial charge < -0.3 is 14.7 Å². The molecule has 28 heavy (non-hydrogen) atoms. The lowest BCUT2D eigenvalue weighted by Gasteiger charge is -2.32. The average molecular weight is 399 g/mol. The minimum atomic E-state index is -0.860. The van der Waals surface area contributed by atoms with Gasteiger partial charge in [0.2, 0.25) is 0 Å². The number of aliphatic hydroxyl groups is 1. The number of nitrogens with one attached hydrogen (secondary N) is 1. The van der Waals surface area contributed by atoms with Crippen LogP contribution < -0.4 is 5.32 Å². The summed E-state index contributed by atoms with van der Waals surface area (Å²) in [4.78, 5) is 37.5. The summed E-state index contributed by atoms with van der Waals surface area (Å²) in [5.74, 6) is -0.427. The molecule has 0 aromatic rings. The molecule has 1 fully saturated rings. The van der Waals surface area contributed by atoms with E-state index in [4.69, 9.17) is 4.74 Å². The summed E-state index contributed by atoms with van der Waals surface area (Å²) in [6.07, 6.45) is 8.31. The van der Waals surface area contributed by atoms with Crippen LogP contribution in [-0.2, 0) is 14.3 Å². The summed E-state index contributed by atoms with van der Waals surface area (Å²) >= 11 is 0. The molecule has 1 aliphatic heterocycles. The van der Waals surface area contributed by atoms with E-state index in [-0.39, 0.29) is 17.9 Å². The van der Waals surface area contributed by atoms with E-state index in [0.717, 1.165) is 51.4 Å². The van der Waals surface area contributed by atoms with Gasteiger partial charge in [0, 0.05) is 13.0 Å². The Balaban J connectivity index is 2.40. The van der Waals surface area contributed by atoms with Crippen LogP contribution in [0, 0.1) is 0 Å². The fraction of sp³-hybridized carbons (Fsp3) is 0.857. The number of urea groups is 1. The molecule has 0 spiro atoms. The number of rotatable bonds is 15. The molecule has 1 aliphatic rings. The van der Waals surface area contributed by atoms with E-state index in [2.05, 4.69) is 12.2 Å². The van der Waals surface area contributed by atoms with Crippen LogP contribution in [0.4, 0.5) is 4.79 Å². The first-order valence-corrected chi connectivity index (χ1v) is 10.8. The monoisotopic (exact) mass is 398 g/mol. The third-order valence-electron chi connectivity index (χ3n) is 5.48. The second kappa shape index (κ2) is 12.8. The number of ether oxygens (including phenoxy) is 1. The number of carbonyl (C=O) groups excluding carboxylic acids is 3. The van der Waals surface area contributed by atoms with E-state index < -0.39 is 11.6 Å². The molecular formula is C21H38N2O5. The van der Waals surface area contributed by atoms with Gasteiger partial charge in [-0.3, -0.25) is 14.9 Å². The molecule has 3 amide bonds. The molecule has 2 N–H and O–H groups in total. The molecule has 0 radical (unpaired) electrons. The molecule has 1 saturated heterocycles. The first kappa shape index (κ1) is 24.4. The molecule has 2 atom stereocenters. The van der Waals surface area contributed by atoms with Crippen LogP contribution >= 0.6 is 0 Å². The molecule has 2 unspecified atom stereocenters. The highest BCUT2D eigenvalue weighted by atomic mass is 16.5. The van der Waals surface area contributed by atoms with Crippen LogP contribution in [0.3, 0.4) is 0 Å². The maximum absolute atomic E-state index is 12.4. The summed E-state index contributed by atoms with van der Waals surface area (Å²) in [5.41, 5.74) is -0.860. The molecule has 162 valence electrons. The van der Waals surface area contributed by atoms with Gasteiger partial charge in [-0.15, -0.1) is 0 Å². The third-order valence-corrected chi connectivity index (χ3v) is 5.48. The van der Waals surface area contributed by atoms with E-state index in [0.29, 0.717) is 32.4 Å². The number of amides is 3. The van der Waals surface area contributed by atoms with Crippen molar-refractivity contribution in [2.24, 2.45) is 0 Å². The summed E-state index contributed by atoms with van der Waals surface area (Å²) in [5, 5.41) is 12.6. The molecular weight excluding hydrogens is 360 g/mol. The van der Waals surface area contributed by atoms with Gasteiger partial charge in [-0.05, 0) is 39.5 Å². The number of imide groups is 1. The Bertz CT molecular complexity index is 511. The summed E-state index contributed by atoms with van der Waals surface area (Å²) in [6, 6.07) is -0.365. The first-order chi connectivity index (χ1) is 13.3. The van der Waals surface area contributed by atoms with Gasteiger partial charge in [0.15, 0.2) is 0 Å². The average Bonchev–Trinajstić information content (AvgIpc) is 2.85. The van der Waals surface area contributed by atoms with Crippen molar-refractivity contribution in [2.75, 3.05) is 13.2 Å². The van der Waals surface area contributed by atoms with Gasteiger partial charge in [-0.2, -0.15) is 0 Å². The second-order valence-electron chi connectivity index (χ2n) is 7.84. The highest BCUT2D eigenvalue weighted by molar-refractivity contribution is 6.06. The van der Waals surface area contributed by atoms with Gasteiger partial charge in [0.1, 0.15) is 5.54 Å². The van der Waals surface area contributed by atoms with Gasteiger partial charge in [-0.1, -0.05) is 45.4 Å². The zero-order valence-electron chi connectivity index (χ0n) is 17.8. The Kier molecular flexibility index (Phi) is 11.1. The molecule has 0 bridgehead atoms. The predicted molar refractivity (Wildman–Crippen MR) is 108 cm³/mol. The van der Waals surface area contributed by atoms with Crippen LogP contribution in [0.25, 0.3) is 0 Å². The largest absolute Gasteiger partial charge is 0.466 e. The molecule has 1 rings (SSSR count). The first-order valence-electron chi connectivity index (χ1n) is 10.8. The molecule has 1 heterocycles. The van der Waals surface area contributed by atoms with Gasteiger partial charge in [-0.25, -0.2) is 4.79 Å². The Morgan fingerprint density at radius 3 is 2.50 bits per heavy atom. The van der Waals surface area contributed by atoms with E-state index in [1.165, 1.54) is 0 Å². The predicted octanol–water partition coefficient (Wildman–Crippen LogP) is 3.53. The van der Waals surface area contributed by atoms with Crippen molar-refractivity contribution in [3.05, 3.63) is 0 Å². The number of esters is 1. The van der Waals surface area contributed by atoms with Crippen molar-refractivity contribution in [3.63, 3.8) is 0 Å². The second-order valence-corrected chi connectivity index (χ2v) is 7.84. The number of hydrogen-bond donors (Lipinski definition) is 2. The van der Waals surface area contributed by atoms with Gasteiger partial charge in [0.25, 0.3) is 5.91 Å². The molecule has 7 nitrogen and oxygen atoms in total. The van der Waals surface area contributed by atoms with Crippen molar-refractivity contribution < 1.29 is 24.2 Å². The lowest BCUT2D eigenvalue weighted by atomic mass is 9.92. The zero-order valence-corrected chi connectivity index (χ0v) is 17.8. The summed E-state index contributed by atoms with van der Waals surface area (Å²) in [6.45, 7) is 6.50. The van der Waals surface area contributed by atoms with Crippen LogP contribution in [-0.4, -0.2) is 52.7 Å². The number of unbranched alkanes of at least 4 members (excludes halogenated alkanes) is 5. The Hall–Kier alpha value is -1.63. The van der Waals surface area contributed by atoms with Crippen molar-refractivity contribution in [1.29, 1.82) is 0 Å². The Labute approximate surface area is 169 Å². The Morgan fingerprint density at radius 1 is 1.11 bits per heavy atom. The maximum Gasteiger partial charge on any atom is 0.325 e. The molecule has 0 saturated carbocycles. The number of aliphatic hydroxyl groups excluding tert-OH is 1. The molecule has 7 heteroatoms. The smallest absolute Gasteiger partial charge is 0.325 e. The van der Waals surface area contributed by atoms with Gasteiger partial charge in [0.05, 0.1) is 12.7 Å². The lowest BCUT2D eigenvalue weighted by molar-refractivity contribution is -0.143. The topological polar surface area (TPSA) is 95.9 Å². The van der Waals surface area contributed by atoms with E-state index in [9.17, 15) is 19.5 Å². The standard InChI is InChI=1S/C21H38N2O5/c1-4-6-9-12-17(24)14-16-23-20(27)22-19(26)21(23,3)15-11-8-7-10-13-18(25)28-5-2/h17,24H,4-16H2,1-3H3,(H,22,26,27). The highest BCUT2D eigenvalue weighted by Gasteiger charge is 2.48. The van der Waals surface area contributed by atoms with E-state index >= 15 is 0 Å². The highest BCUT2D eigenvalue weighted by Crippen LogP contribution is 2.28. The minimum absolute atomic E-state index is 0.168. The molecule has 0 aliphatic carbocycles. The quantitative estimate of drug-likeness (QED) is 0.250. The number of carbonyl (C=O) groups is 3. The van der Waals surface area contributed by atoms with E-state index in [1.807, 2.05) is 0 Å². The minimum Gasteiger partial charge on any atom is -0.466 e. The fourth-order valence-electron chi connectivity index (χ4n) is 3.62. The molecule has 0 aromatic heterocycles. The molecule has 0 aromatic carbocycles. The van der Waals surface area contributed by atoms with Crippen LogP contribution in [0.5, 0.6) is 0 Å². The normalized spacial score (nSPS) is 20.4. The number of hydrogen-bond acceptors (Lipinski definition) is 5. The van der Waals surface area contributed by atoms with Crippen molar-refractivity contribution >= 4 is 17.9 Å². The number of nitrogens with zero attached hydrogens (tertiary/aromatic N) is 1. The Morgan fingerprint density at radius 2 is 1.82 bits per heavy atom. The fourth-order valence-corrected chi connectivity index (χ4v) is 3.62. The zero-order chi connectivity index (χ0) is 21.0. The van der Waals surface area contributed by atoms with Crippen LogP contribution in [0.2, 0.25) is 0 Å². The van der Waals surface area contributed by atoms with Crippen LogP contribution in [0.15, 0.2) is 0 Å². The third kappa shape index (κ3) is 7.78. The summed E-state index contributed by atoms with van der Waals surface area (Å²) in [7, 11) is 0. The van der Waals surface area contributed by atoms with Gasteiger partial charge >= 0.3 is 12.0 Å². The van der Waals surface area contributed by atoms with E-state index in [1.54, 1.807) is 18.7 Å².